The first-order valence-corrected chi connectivity index (χ1v) is 31.5. The van der Waals surface area contributed by atoms with E-state index < -0.39 is 80.2 Å². The molecule has 0 aromatic heterocycles. The Hall–Kier alpha value is -3.18. The lowest BCUT2D eigenvalue weighted by atomic mass is 10.00. The molecular weight excluding hydrogens is 939 g/mol. The monoisotopic (exact) mass is 1030 g/mol. The molecular formula is C56H95NO12SSi. The van der Waals surface area contributed by atoms with Crippen LogP contribution < -0.4 is 5.32 Å². The number of unbranched alkanes of at least 4 members (excludes halogenated alkanes) is 18. The summed E-state index contributed by atoms with van der Waals surface area (Å²) in [5.41, 5.74) is 2.63. The molecule has 0 saturated carbocycles. The van der Waals surface area contributed by atoms with Crippen molar-refractivity contribution in [2.45, 2.75) is 250 Å². The Labute approximate surface area is 430 Å². The molecule has 406 valence electrons. The van der Waals surface area contributed by atoms with Crippen molar-refractivity contribution in [1.82, 2.24) is 5.32 Å². The minimum atomic E-state index is -5.28. The first kappa shape index (κ1) is 63.9. The molecule has 0 spiro atoms. The smallest absolute Gasteiger partial charge is 0.397 e. The highest BCUT2D eigenvalue weighted by Crippen LogP contribution is 2.37. The van der Waals surface area contributed by atoms with Gasteiger partial charge in [-0.1, -0.05) is 191 Å². The van der Waals surface area contributed by atoms with Crippen LogP contribution in [0.2, 0.25) is 18.1 Å². The molecule has 2 aromatic rings. The van der Waals surface area contributed by atoms with Crippen LogP contribution in [0.25, 0.3) is 0 Å². The highest BCUT2D eigenvalue weighted by atomic mass is 32.3. The van der Waals surface area contributed by atoms with Crippen molar-refractivity contribution >= 4 is 36.6 Å². The van der Waals surface area contributed by atoms with E-state index >= 15 is 0 Å². The van der Waals surface area contributed by atoms with Gasteiger partial charge in [0.15, 0.2) is 14.4 Å². The number of nitrogens with one attached hydrogen (secondary N) is 1. The van der Waals surface area contributed by atoms with E-state index in [9.17, 15) is 37.6 Å². The first-order valence-electron chi connectivity index (χ1n) is 27.2. The summed E-state index contributed by atoms with van der Waals surface area (Å²) in [5, 5.41) is 24.7. The van der Waals surface area contributed by atoms with Crippen LogP contribution in [0.4, 0.5) is 0 Å². The lowest BCUT2D eigenvalue weighted by molar-refractivity contribution is -0.165. The van der Waals surface area contributed by atoms with Gasteiger partial charge in [-0.2, -0.15) is 8.42 Å². The molecule has 2 rings (SSSR count). The maximum atomic E-state index is 13.9. The summed E-state index contributed by atoms with van der Waals surface area (Å²) in [5.74, 6) is -1.82. The molecule has 1 amide bonds. The second-order valence-electron chi connectivity index (χ2n) is 21.1. The van der Waals surface area contributed by atoms with E-state index in [0.717, 1.165) is 109 Å². The Morgan fingerprint density at radius 3 is 1.52 bits per heavy atom. The van der Waals surface area contributed by atoms with Gasteiger partial charge in [0.2, 0.25) is 5.91 Å². The third kappa shape index (κ3) is 30.6. The number of hydrogen-bond acceptors (Lipinski definition) is 11. The first-order chi connectivity index (χ1) is 33.8. The summed E-state index contributed by atoms with van der Waals surface area (Å²) < 4.78 is 57.7. The fraction of sp³-hybridized carbons (Fsp3) is 0.732. The fourth-order valence-electron chi connectivity index (χ4n) is 8.41. The zero-order chi connectivity index (χ0) is 52.4. The van der Waals surface area contributed by atoms with Crippen LogP contribution in [0.15, 0.2) is 60.7 Å². The molecule has 0 aliphatic rings. The van der Waals surface area contributed by atoms with Crippen LogP contribution in [-0.2, 0) is 55.7 Å². The second kappa shape index (κ2) is 36.7. The molecule has 0 unspecified atom stereocenters. The molecule has 0 bridgehead atoms. The van der Waals surface area contributed by atoms with E-state index in [2.05, 4.69) is 48.6 Å². The van der Waals surface area contributed by atoms with Crippen molar-refractivity contribution in [1.29, 1.82) is 0 Å². The van der Waals surface area contributed by atoms with Gasteiger partial charge < -0.3 is 29.4 Å². The fourth-order valence-corrected chi connectivity index (χ4v) is 9.95. The molecule has 5 atom stereocenters. The Morgan fingerprint density at radius 2 is 1.07 bits per heavy atom. The second-order valence-corrected chi connectivity index (χ2v) is 26.9. The van der Waals surface area contributed by atoms with Crippen molar-refractivity contribution in [3.05, 3.63) is 71.8 Å². The van der Waals surface area contributed by atoms with Gasteiger partial charge in [0, 0.05) is 12.8 Å². The van der Waals surface area contributed by atoms with Gasteiger partial charge in [0.1, 0.15) is 18.3 Å². The standard InChI is InChI=1S/C56H95NO12SSi/c1-7-8-9-10-11-12-13-20-31-40-48(67-52(61)41-32-21-16-14-18-25-34-46-36-27-23-28-37-46)43-51(60)57-49(44-58)54(55(69-70(63,64)65)50(59)45-66-71(5,6)56(2,3)4)68-53(62)42-33-22-17-15-19-26-35-47-38-29-24-30-39-47/h23-24,27-30,36-39,48-50,54-55,58-59H,7-22,25-26,31-35,40-45H2,1-6H3,(H,57,60)(H,63,64,65)/t48-,49+,50-,54-,55-/m1/s1. The summed E-state index contributed by atoms with van der Waals surface area (Å²) in [6.07, 6.45) is 16.9. The third-order valence-corrected chi connectivity index (χ3v) is 18.7. The molecule has 0 aliphatic heterocycles. The number of aliphatic hydroxyl groups is 2. The average molecular weight is 1030 g/mol. The number of hydrogen-bond donors (Lipinski definition) is 4. The van der Waals surface area contributed by atoms with Gasteiger partial charge in [-0.05, 0) is 80.6 Å². The van der Waals surface area contributed by atoms with Gasteiger partial charge in [0.25, 0.3) is 0 Å². The van der Waals surface area contributed by atoms with E-state index in [1.54, 1.807) is 0 Å². The number of esters is 2. The largest absolute Gasteiger partial charge is 0.462 e. The molecule has 0 aliphatic carbocycles. The van der Waals surface area contributed by atoms with Crippen LogP contribution in [0.1, 0.15) is 199 Å². The van der Waals surface area contributed by atoms with Gasteiger partial charge in [-0.15, -0.1) is 0 Å². The third-order valence-electron chi connectivity index (χ3n) is 13.8. The van der Waals surface area contributed by atoms with Crippen LogP contribution in [-0.4, -0.2) is 93.0 Å². The lowest BCUT2D eigenvalue weighted by Gasteiger charge is -2.38. The highest BCUT2D eigenvalue weighted by molar-refractivity contribution is 7.80. The minimum Gasteiger partial charge on any atom is -0.462 e. The molecule has 13 nitrogen and oxygen atoms in total. The van der Waals surface area contributed by atoms with E-state index in [1.807, 2.05) is 58.1 Å². The van der Waals surface area contributed by atoms with Crippen molar-refractivity contribution in [2.24, 2.45) is 0 Å². The van der Waals surface area contributed by atoms with Crippen molar-refractivity contribution in [3.63, 3.8) is 0 Å². The van der Waals surface area contributed by atoms with Gasteiger partial charge in [-0.3, -0.25) is 18.9 Å². The Morgan fingerprint density at radius 1 is 0.634 bits per heavy atom. The zero-order valence-electron chi connectivity index (χ0n) is 44.6. The highest BCUT2D eigenvalue weighted by Gasteiger charge is 2.44. The molecule has 0 saturated heterocycles. The summed E-state index contributed by atoms with van der Waals surface area (Å²) in [6, 6.07) is 19.2. The summed E-state index contributed by atoms with van der Waals surface area (Å²) in [6.45, 7) is 10.7. The van der Waals surface area contributed by atoms with Crippen molar-refractivity contribution in [3.8, 4) is 0 Å². The van der Waals surface area contributed by atoms with Crippen LogP contribution in [0.3, 0.4) is 0 Å². The molecule has 0 radical (unpaired) electrons. The summed E-state index contributed by atoms with van der Waals surface area (Å²) >= 11 is 0. The topological polar surface area (TPSA) is 195 Å². The molecule has 2 aromatic carbocycles. The van der Waals surface area contributed by atoms with Crippen molar-refractivity contribution < 1.29 is 55.7 Å². The van der Waals surface area contributed by atoms with E-state index in [1.165, 1.54) is 36.8 Å². The van der Waals surface area contributed by atoms with Crippen LogP contribution >= 0.6 is 0 Å². The molecule has 71 heavy (non-hydrogen) atoms. The van der Waals surface area contributed by atoms with Gasteiger partial charge in [0.05, 0.1) is 25.7 Å². The molecule has 0 heterocycles. The number of aliphatic hydroxyl groups excluding tert-OH is 2. The van der Waals surface area contributed by atoms with E-state index in [0.29, 0.717) is 19.3 Å². The molecule has 15 heteroatoms. The maximum absolute atomic E-state index is 13.9. The average Bonchev–Trinajstić information content (AvgIpc) is 3.32. The number of carbonyl (C=O) groups is 3. The Kier molecular flexibility index (Phi) is 33.0. The number of benzene rings is 2. The van der Waals surface area contributed by atoms with Gasteiger partial charge in [-0.25, -0.2) is 4.18 Å². The Balaban J connectivity index is 2.16. The number of rotatable bonds is 42. The predicted molar refractivity (Wildman–Crippen MR) is 286 cm³/mol. The summed E-state index contributed by atoms with van der Waals surface area (Å²) in [4.78, 5) is 40.7. The lowest BCUT2D eigenvalue weighted by Crippen LogP contribution is -2.58. The normalized spacial score (nSPS) is 14.3. The maximum Gasteiger partial charge on any atom is 0.397 e. The quantitative estimate of drug-likeness (QED) is 0.0213. The van der Waals surface area contributed by atoms with Gasteiger partial charge >= 0.3 is 22.3 Å². The van der Waals surface area contributed by atoms with Crippen LogP contribution in [0, 0.1) is 0 Å². The molecule has 0 fully saturated rings. The Bertz CT molecular complexity index is 1810. The minimum absolute atomic E-state index is 0.0627. The SMILES string of the molecule is CCCCCCCCCCC[C@H](CC(=O)N[C@@H](CO)[C@@H](OC(=O)CCCCCCCCc1ccccc1)[C@H](OS(=O)(=O)O)[C@H](O)CO[Si](C)(C)C(C)(C)C)OC(=O)CCCCCCCCc1ccccc1. The predicted octanol–water partition coefficient (Wildman–Crippen LogP) is 12.1. The van der Waals surface area contributed by atoms with Crippen molar-refractivity contribution in [2.75, 3.05) is 13.2 Å². The number of amides is 1. The molecule has 4 N–H and O–H groups in total. The number of carbonyl (C=O) groups excluding carboxylic acids is 3. The van der Waals surface area contributed by atoms with E-state index in [-0.39, 0.29) is 24.3 Å². The number of ether oxygens (including phenoxy) is 2. The summed E-state index contributed by atoms with van der Waals surface area (Å²) in [7, 11) is -7.82. The number of aryl methyl sites for hydroxylation is 2. The van der Waals surface area contributed by atoms with Crippen LogP contribution in [0.5, 0.6) is 0 Å². The van der Waals surface area contributed by atoms with E-state index in [4.69, 9.17) is 18.1 Å². The zero-order valence-corrected chi connectivity index (χ0v) is 46.4.